The molecule has 0 spiro atoms. The lowest BCUT2D eigenvalue weighted by Crippen LogP contribution is -2.29. The van der Waals surface area contributed by atoms with E-state index in [4.69, 9.17) is 4.74 Å². The Hall–Kier alpha value is -2.03. The molecule has 1 fully saturated rings. The summed E-state index contributed by atoms with van der Waals surface area (Å²) in [6, 6.07) is 4.10. The quantitative estimate of drug-likeness (QED) is 0.625. The van der Waals surface area contributed by atoms with Gasteiger partial charge in [-0.1, -0.05) is 19.9 Å². The van der Waals surface area contributed by atoms with E-state index in [0.717, 1.165) is 25.1 Å². The molecular weight excluding hydrogens is 386 g/mol. The Balaban J connectivity index is 2.09. The van der Waals surface area contributed by atoms with Crippen molar-refractivity contribution in [2.24, 2.45) is 0 Å². The molecule has 0 bridgehead atoms. The Morgan fingerprint density at radius 1 is 1.11 bits per heavy atom. The zero-order valence-electron chi connectivity index (χ0n) is 15.4. The minimum absolute atomic E-state index is 0.0779. The van der Waals surface area contributed by atoms with E-state index in [-0.39, 0.29) is 17.2 Å². The summed E-state index contributed by atoms with van der Waals surface area (Å²) in [6.45, 7) is 5.26. The van der Waals surface area contributed by atoms with Crippen molar-refractivity contribution in [3.8, 4) is 5.75 Å². The van der Waals surface area contributed by atoms with Gasteiger partial charge >= 0.3 is 12.4 Å². The van der Waals surface area contributed by atoms with Crippen LogP contribution in [0, 0.1) is 0 Å². The number of hydrogen-bond donors (Lipinski definition) is 0. The Bertz CT molecular complexity index is 837. The van der Waals surface area contributed by atoms with E-state index in [1.807, 2.05) is 13.8 Å². The summed E-state index contributed by atoms with van der Waals surface area (Å²) in [5.74, 6) is -0.221. The van der Waals surface area contributed by atoms with Gasteiger partial charge in [-0.15, -0.1) is 0 Å². The number of rotatable bonds is 4. The first kappa shape index (κ1) is 20.7. The molecular formula is C19H20F6N2O. The number of likely N-dealkylation sites (N-methyl/N-ethyl adjacent to an activating group) is 1. The number of benzene rings is 1. The SMILES string of the molecule is CCC1CC(Oc2cc(C(F)(F)F)nc3c(C(F)(F)F)cccc23)CN1CC. The van der Waals surface area contributed by atoms with Crippen LogP contribution >= 0.6 is 0 Å². The third-order valence-electron chi connectivity index (χ3n) is 5.06. The maximum atomic E-state index is 13.3. The number of halogens is 6. The van der Waals surface area contributed by atoms with E-state index >= 15 is 0 Å². The fourth-order valence-corrected chi connectivity index (χ4v) is 3.70. The van der Waals surface area contributed by atoms with Crippen molar-refractivity contribution >= 4 is 10.9 Å². The third kappa shape index (κ3) is 4.04. The monoisotopic (exact) mass is 406 g/mol. The molecule has 1 saturated heterocycles. The lowest BCUT2D eigenvalue weighted by atomic mass is 10.1. The maximum absolute atomic E-state index is 13.3. The molecule has 9 heteroatoms. The van der Waals surface area contributed by atoms with Crippen LogP contribution in [-0.2, 0) is 12.4 Å². The number of aromatic nitrogens is 1. The molecule has 3 nitrogen and oxygen atoms in total. The second-order valence-electron chi connectivity index (χ2n) is 6.83. The highest BCUT2D eigenvalue weighted by Gasteiger charge is 2.38. The smallest absolute Gasteiger partial charge is 0.433 e. The second-order valence-corrected chi connectivity index (χ2v) is 6.83. The minimum Gasteiger partial charge on any atom is -0.488 e. The predicted octanol–water partition coefficient (Wildman–Crippen LogP) is 5.52. The summed E-state index contributed by atoms with van der Waals surface area (Å²) in [5.41, 5.74) is -3.37. The maximum Gasteiger partial charge on any atom is 0.433 e. The van der Waals surface area contributed by atoms with Crippen LogP contribution in [0.15, 0.2) is 24.3 Å². The number of para-hydroxylation sites is 1. The molecule has 154 valence electrons. The molecule has 1 aromatic carbocycles. The van der Waals surface area contributed by atoms with Gasteiger partial charge in [0.2, 0.25) is 0 Å². The molecule has 0 saturated carbocycles. The molecule has 2 unspecified atom stereocenters. The Labute approximate surface area is 158 Å². The fourth-order valence-electron chi connectivity index (χ4n) is 3.70. The normalized spacial score (nSPS) is 21.4. The first-order chi connectivity index (χ1) is 13.0. The topological polar surface area (TPSA) is 25.4 Å². The van der Waals surface area contributed by atoms with Crippen LogP contribution in [0.3, 0.4) is 0 Å². The van der Waals surface area contributed by atoms with Crippen molar-refractivity contribution in [2.45, 2.75) is 51.2 Å². The number of likely N-dealkylation sites (tertiary alicyclic amines) is 1. The first-order valence-corrected chi connectivity index (χ1v) is 9.03. The van der Waals surface area contributed by atoms with E-state index in [0.29, 0.717) is 19.0 Å². The van der Waals surface area contributed by atoms with Crippen molar-refractivity contribution in [2.75, 3.05) is 13.1 Å². The molecule has 2 aromatic rings. The summed E-state index contributed by atoms with van der Waals surface area (Å²) >= 11 is 0. The van der Waals surface area contributed by atoms with E-state index in [2.05, 4.69) is 9.88 Å². The molecule has 3 rings (SSSR count). The standard InChI is InChI=1S/C19H20F6N2O/c1-3-11-8-12(10-27(11)4-2)28-15-9-16(19(23,24)25)26-17-13(15)6-5-7-14(17)18(20,21)22/h5-7,9,11-12H,3-4,8,10H2,1-2H3. The molecule has 0 amide bonds. The predicted molar refractivity (Wildman–Crippen MR) is 92.1 cm³/mol. The van der Waals surface area contributed by atoms with Crippen molar-refractivity contribution in [1.82, 2.24) is 9.88 Å². The second kappa shape index (κ2) is 7.42. The highest BCUT2D eigenvalue weighted by molar-refractivity contribution is 5.88. The molecule has 2 heterocycles. The molecule has 1 aromatic heterocycles. The molecule has 0 aliphatic carbocycles. The molecule has 28 heavy (non-hydrogen) atoms. The average molecular weight is 406 g/mol. The zero-order valence-corrected chi connectivity index (χ0v) is 15.4. The zero-order chi connectivity index (χ0) is 20.7. The Kier molecular flexibility index (Phi) is 5.49. The number of hydrogen-bond acceptors (Lipinski definition) is 3. The number of ether oxygens (including phenoxy) is 1. The minimum atomic E-state index is -4.89. The van der Waals surface area contributed by atoms with Gasteiger partial charge in [-0.25, -0.2) is 4.98 Å². The highest BCUT2D eigenvalue weighted by Crippen LogP contribution is 2.40. The van der Waals surface area contributed by atoms with Gasteiger partial charge in [0.25, 0.3) is 0 Å². The third-order valence-corrected chi connectivity index (χ3v) is 5.06. The van der Waals surface area contributed by atoms with E-state index in [1.165, 1.54) is 6.07 Å². The van der Waals surface area contributed by atoms with Crippen LogP contribution in [0.1, 0.15) is 37.9 Å². The lowest BCUT2D eigenvalue weighted by molar-refractivity contribution is -0.142. The van der Waals surface area contributed by atoms with Gasteiger partial charge in [0.1, 0.15) is 17.5 Å². The van der Waals surface area contributed by atoms with Crippen molar-refractivity contribution in [3.05, 3.63) is 35.5 Å². The van der Waals surface area contributed by atoms with Crippen molar-refractivity contribution in [1.29, 1.82) is 0 Å². The summed E-state index contributed by atoms with van der Waals surface area (Å²) < 4.78 is 85.5. The number of fused-ring (bicyclic) bond motifs is 1. The lowest BCUT2D eigenvalue weighted by Gasteiger charge is -2.20. The van der Waals surface area contributed by atoms with Crippen LogP contribution in [-0.4, -0.2) is 35.1 Å². The van der Waals surface area contributed by atoms with E-state index < -0.39 is 35.2 Å². The average Bonchev–Trinajstić information content (AvgIpc) is 3.01. The van der Waals surface area contributed by atoms with Crippen molar-refractivity contribution < 1.29 is 31.1 Å². The molecule has 1 aliphatic rings. The highest BCUT2D eigenvalue weighted by atomic mass is 19.4. The van der Waals surface area contributed by atoms with Gasteiger partial charge in [0.05, 0.1) is 11.1 Å². The van der Waals surface area contributed by atoms with Crippen LogP contribution in [0.4, 0.5) is 26.3 Å². The first-order valence-electron chi connectivity index (χ1n) is 9.03. The molecule has 0 N–H and O–H groups in total. The van der Waals surface area contributed by atoms with Gasteiger partial charge in [-0.3, -0.25) is 4.90 Å². The Morgan fingerprint density at radius 2 is 1.82 bits per heavy atom. The van der Waals surface area contributed by atoms with Gasteiger partial charge in [0.15, 0.2) is 0 Å². The van der Waals surface area contributed by atoms with Crippen molar-refractivity contribution in [3.63, 3.8) is 0 Å². The number of nitrogens with zero attached hydrogens (tertiary/aromatic N) is 2. The van der Waals surface area contributed by atoms with E-state index in [1.54, 1.807) is 0 Å². The van der Waals surface area contributed by atoms with Gasteiger partial charge in [-0.2, -0.15) is 26.3 Å². The fraction of sp³-hybridized carbons (Fsp3) is 0.526. The van der Waals surface area contributed by atoms with Gasteiger partial charge in [0, 0.05) is 30.5 Å². The summed E-state index contributed by atoms with van der Waals surface area (Å²) in [5, 5.41) is -0.0779. The molecule has 2 atom stereocenters. The summed E-state index contributed by atoms with van der Waals surface area (Å²) in [6.07, 6.45) is -8.65. The summed E-state index contributed by atoms with van der Waals surface area (Å²) in [7, 11) is 0. The largest absolute Gasteiger partial charge is 0.488 e. The van der Waals surface area contributed by atoms with Crippen LogP contribution in [0.5, 0.6) is 5.75 Å². The van der Waals surface area contributed by atoms with Gasteiger partial charge in [-0.05, 0) is 25.1 Å². The number of pyridine rings is 1. The number of alkyl halides is 6. The van der Waals surface area contributed by atoms with Crippen LogP contribution in [0.2, 0.25) is 0 Å². The van der Waals surface area contributed by atoms with Crippen LogP contribution < -0.4 is 4.74 Å². The van der Waals surface area contributed by atoms with Crippen LogP contribution in [0.25, 0.3) is 10.9 Å². The Morgan fingerprint density at radius 3 is 2.36 bits per heavy atom. The van der Waals surface area contributed by atoms with E-state index in [9.17, 15) is 26.3 Å². The summed E-state index contributed by atoms with van der Waals surface area (Å²) in [4.78, 5) is 5.43. The molecule has 0 radical (unpaired) electrons. The molecule has 1 aliphatic heterocycles. The van der Waals surface area contributed by atoms with Gasteiger partial charge < -0.3 is 4.74 Å².